The molecule has 0 radical (unpaired) electrons. The van der Waals surface area contributed by atoms with Crippen LogP contribution >= 0.6 is 0 Å². The summed E-state index contributed by atoms with van der Waals surface area (Å²) in [7, 11) is 0. The van der Waals surface area contributed by atoms with Crippen molar-refractivity contribution in [1.29, 1.82) is 0 Å². The van der Waals surface area contributed by atoms with Gasteiger partial charge in [-0.3, -0.25) is 4.90 Å². The molecule has 1 heterocycles. The Kier molecular flexibility index (Phi) is 5.03. The molecule has 2 atom stereocenters. The van der Waals surface area contributed by atoms with Crippen LogP contribution in [0.15, 0.2) is 0 Å². The van der Waals surface area contributed by atoms with Gasteiger partial charge in [-0.25, -0.2) is 0 Å². The maximum absolute atomic E-state index is 6.01. The summed E-state index contributed by atoms with van der Waals surface area (Å²) in [4.78, 5) is 2.49. The number of nitrogens with one attached hydrogen (secondary N) is 1. The first-order valence-electron chi connectivity index (χ1n) is 6.65. The number of ether oxygens (including phenoxy) is 1. The number of nitrogens with two attached hydrogens (primary N) is 1. The Morgan fingerprint density at radius 3 is 2.75 bits per heavy atom. The second kappa shape index (κ2) is 6.55. The van der Waals surface area contributed by atoms with Gasteiger partial charge >= 0.3 is 0 Å². The Balaban J connectivity index is 1.51. The van der Waals surface area contributed by atoms with Crippen LogP contribution in [0.4, 0.5) is 0 Å². The van der Waals surface area contributed by atoms with E-state index in [9.17, 15) is 0 Å². The van der Waals surface area contributed by atoms with E-state index in [0.29, 0.717) is 12.1 Å². The van der Waals surface area contributed by atoms with Crippen molar-refractivity contribution in [2.75, 3.05) is 39.4 Å². The predicted octanol–water partition coefficient (Wildman–Crippen LogP) is 0.178. The molecule has 0 aromatic rings. The molecule has 0 aromatic heterocycles. The van der Waals surface area contributed by atoms with Gasteiger partial charge in [-0.1, -0.05) is 6.42 Å². The number of rotatable bonds is 5. The summed E-state index contributed by atoms with van der Waals surface area (Å²) < 4.78 is 5.33. The fourth-order valence-electron chi connectivity index (χ4n) is 2.66. The second-order valence-corrected chi connectivity index (χ2v) is 4.96. The zero-order chi connectivity index (χ0) is 11.2. The van der Waals surface area contributed by atoms with Gasteiger partial charge in [0.25, 0.3) is 0 Å². The summed E-state index contributed by atoms with van der Waals surface area (Å²) in [5.41, 5.74) is 6.01. The third kappa shape index (κ3) is 3.70. The fraction of sp³-hybridized carbons (Fsp3) is 1.00. The maximum Gasteiger partial charge on any atom is 0.0594 e. The number of morpholine rings is 1. The topological polar surface area (TPSA) is 50.5 Å². The molecule has 94 valence electrons. The highest BCUT2D eigenvalue weighted by molar-refractivity contribution is 4.85. The molecule has 0 bridgehead atoms. The molecule has 4 nitrogen and oxygen atoms in total. The molecule has 0 amide bonds. The van der Waals surface area contributed by atoms with Crippen LogP contribution in [0.5, 0.6) is 0 Å². The van der Waals surface area contributed by atoms with Crippen molar-refractivity contribution >= 4 is 0 Å². The summed E-state index contributed by atoms with van der Waals surface area (Å²) in [6.45, 7) is 6.31. The highest BCUT2D eigenvalue weighted by Gasteiger charge is 2.22. The molecule has 0 unspecified atom stereocenters. The number of hydrogen-bond donors (Lipinski definition) is 2. The van der Waals surface area contributed by atoms with Crippen molar-refractivity contribution in [3.63, 3.8) is 0 Å². The summed E-state index contributed by atoms with van der Waals surface area (Å²) >= 11 is 0. The van der Waals surface area contributed by atoms with Gasteiger partial charge in [0.05, 0.1) is 13.2 Å². The molecule has 1 saturated heterocycles. The number of nitrogens with zero attached hydrogens (tertiary/aromatic N) is 1. The Morgan fingerprint density at radius 1 is 1.25 bits per heavy atom. The van der Waals surface area contributed by atoms with E-state index in [4.69, 9.17) is 10.5 Å². The number of hydrogen-bond acceptors (Lipinski definition) is 4. The lowest BCUT2D eigenvalue weighted by atomic mass is 10.2. The van der Waals surface area contributed by atoms with Gasteiger partial charge < -0.3 is 15.8 Å². The van der Waals surface area contributed by atoms with Crippen LogP contribution in [0, 0.1) is 0 Å². The van der Waals surface area contributed by atoms with E-state index in [0.717, 1.165) is 32.8 Å². The van der Waals surface area contributed by atoms with Crippen LogP contribution in [-0.2, 0) is 4.74 Å². The normalized spacial score (nSPS) is 32.1. The highest BCUT2D eigenvalue weighted by Crippen LogP contribution is 2.16. The van der Waals surface area contributed by atoms with Crippen LogP contribution in [0.2, 0.25) is 0 Å². The summed E-state index contributed by atoms with van der Waals surface area (Å²) in [5.74, 6) is 0. The lowest BCUT2D eigenvalue weighted by molar-refractivity contribution is 0.0374. The molecule has 1 aliphatic carbocycles. The van der Waals surface area contributed by atoms with Gasteiger partial charge in [-0.15, -0.1) is 0 Å². The van der Waals surface area contributed by atoms with Crippen molar-refractivity contribution in [2.45, 2.75) is 37.8 Å². The standard InChI is InChI=1S/C12H25N3O/c13-11-3-1-4-12(11)14-5-2-6-15-7-9-16-10-8-15/h11-12,14H,1-10,13H2/t11-,12+/m0/s1. The van der Waals surface area contributed by atoms with Crippen molar-refractivity contribution in [3.8, 4) is 0 Å². The first kappa shape index (κ1) is 12.3. The Bertz CT molecular complexity index is 195. The molecule has 3 N–H and O–H groups in total. The minimum atomic E-state index is 0.392. The molecule has 0 spiro atoms. The average Bonchev–Trinajstić information content (AvgIpc) is 2.72. The summed E-state index contributed by atoms with van der Waals surface area (Å²) in [6.07, 6.45) is 4.98. The molecule has 16 heavy (non-hydrogen) atoms. The molecule has 0 aromatic carbocycles. The van der Waals surface area contributed by atoms with Crippen molar-refractivity contribution in [2.24, 2.45) is 5.73 Å². The Hall–Kier alpha value is -0.160. The van der Waals surface area contributed by atoms with Crippen LogP contribution in [0.3, 0.4) is 0 Å². The molecule has 1 aliphatic heterocycles. The van der Waals surface area contributed by atoms with E-state index in [1.165, 1.54) is 32.2 Å². The second-order valence-electron chi connectivity index (χ2n) is 4.96. The first-order chi connectivity index (χ1) is 7.86. The minimum absolute atomic E-state index is 0.392. The summed E-state index contributed by atoms with van der Waals surface area (Å²) in [6, 6.07) is 0.966. The third-order valence-corrected chi connectivity index (χ3v) is 3.73. The van der Waals surface area contributed by atoms with Gasteiger partial charge in [0.15, 0.2) is 0 Å². The van der Waals surface area contributed by atoms with Crippen LogP contribution in [0.25, 0.3) is 0 Å². The van der Waals surface area contributed by atoms with E-state index in [2.05, 4.69) is 10.2 Å². The van der Waals surface area contributed by atoms with Crippen molar-refractivity contribution < 1.29 is 4.74 Å². The molecule has 2 aliphatic rings. The molecule has 4 heteroatoms. The quantitative estimate of drug-likeness (QED) is 0.658. The van der Waals surface area contributed by atoms with Gasteiger partial charge in [-0.05, 0) is 32.4 Å². The largest absolute Gasteiger partial charge is 0.379 e. The average molecular weight is 227 g/mol. The molecular formula is C12H25N3O. The summed E-state index contributed by atoms with van der Waals surface area (Å²) in [5, 5.41) is 3.59. The maximum atomic E-state index is 6.01. The van der Waals surface area contributed by atoms with E-state index in [-0.39, 0.29) is 0 Å². The molecule has 2 fully saturated rings. The van der Waals surface area contributed by atoms with Crippen LogP contribution in [-0.4, -0.2) is 56.4 Å². The third-order valence-electron chi connectivity index (χ3n) is 3.73. The van der Waals surface area contributed by atoms with Gasteiger partial charge in [-0.2, -0.15) is 0 Å². The molecule has 2 rings (SSSR count). The zero-order valence-electron chi connectivity index (χ0n) is 10.2. The lowest BCUT2D eigenvalue weighted by Crippen LogP contribution is -2.42. The molecular weight excluding hydrogens is 202 g/mol. The van der Waals surface area contributed by atoms with Crippen molar-refractivity contribution in [1.82, 2.24) is 10.2 Å². The van der Waals surface area contributed by atoms with E-state index < -0.39 is 0 Å². The zero-order valence-corrected chi connectivity index (χ0v) is 10.2. The van der Waals surface area contributed by atoms with E-state index >= 15 is 0 Å². The van der Waals surface area contributed by atoms with Crippen LogP contribution < -0.4 is 11.1 Å². The lowest BCUT2D eigenvalue weighted by Gasteiger charge is -2.27. The smallest absolute Gasteiger partial charge is 0.0594 e. The van der Waals surface area contributed by atoms with E-state index in [1.807, 2.05) is 0 Å². The fourth-order valence-corrected chi connectivity index (χ4v) is 2.66. The first-order valence-corrected chi connectivity index (χ1v) is 6.65. The van der Waals surface area contributed by atoms with Crippen LogP contribution in [0.1, 0.15) is 25.7 Å². The van der Waals surface area contributed by atoms with Gasteiger partial charge in [0, 0.05) is 25.2 Å². The van der Waals surface area contributed by atoms with E-state index in [1.54, 1.807) is 0 Å². The van der Waals surface area contributed by atoms with Crippen molar-refractivity contribution in [3.05, 3.63) is 0 Å². The minimum Gasteiger partial charge on any atom is -0.379 e. The predicted molar refractivity (Wildman–Crippen MR) is 65.5 cm³/mol. The Labute approximate surface area is 98.5 Å². The van der Waals surface area contributed by atoms with Gasteiger partial charge in [0.1, 0.15) is 0 Å². The highest BCUT2D eigenvalue weighted by atomic mass is 16.5. The monoisotopic (exact) mass is 227 g/mol. The molecule has 1 saturated carbocycles. The SMILES string of the molecule is N[C@H]1CCC[C@H]1NCCCN1CCOCC1. The Morgan fingerprint density at radius 2 is 2.06 bits per heavy atom. The van der Waals surface area contributed by atoms with Gasteiger partial charge in [0.2, 0.25) is 0 Å².